The van der Waals surface area contributed by atoms with Gasteiger partial charge in [0.1, 0.15) is 11.9 Å². The van der Waals surface area contributed by atoms with Gasteiger partial charge in [0.25, 0.3) is 5.91 Å². The lowest BCUT2D eigenvalue weighted by molar-refractivity contribution is 0.0471. The minimum absolute atomic E-state index is 0.192. The maximum Gasteiger partial charge on any atom is 0.254 e. The minimum Gasteiger partial charge on any atom is -0.471 e. The van der Waals surface area contributed by atoms with Crippen LogP contribution >= 0.6 is 0 Å². The quantitative estimate of drug-likeness (QED) is 0.289. The lowest BCUT2D eigenvalue weighted by Gasteiger charge is -2.35. The average molecular weight is 585 g/mol. The minimum atomic E-state index is -2.17. The smallest absolute Gasteiger partial charge is 0.254 e. The van der Waals surface area contributed by atoms with Gasteiger partial charge in [-0.1, -0.05) is 54.6 Å². The van der Waals surface area contributed by atoms with Crippen molar-refractivity contribution in [3.63, 3.8) is 0 Å². The first-order chi connectivity index (χ1) is 20.3. The number of carbonyl (C=O) groups is 1. The normalized spacial score (nSPS) is 16.9. The molecule has 2 heterocycles. The number of ether oxygens (including phenoxy) is 1. The maximum absolute atomic E-state index is 13.6. The first-order valence-corrected chi connectivity index (χ1v) is 15.2. The van der Waals surface area contributed by atoms with Crippen molar-refractivity contribution < 1.29 is 18.3 Å². The van der Waals surface area contributed by atoms with Gasteiger partial charge in [-0.25, -0.2) is 9.19 Å². The SMILES string of the molecule is Cc1nc(OC2CN(Cc3ccccc3)CCCN(C(=O)c3cccc(S(=O)O)c3)C2)cc(-c2c(C)cccc2C)n1. The van der Waals surface area contributed by atoms with E-state index in [-0.39, 0.29) is 16.9 Å². The summed E-state index contributed by atoms with van der Waals surface area (Å²) in [4.78, 5) is 27.3. The number of aryl methyl sites for hydroxylation is 3. The highest BCUT2D eigenvalue weighted by Gasteiger charge is 2.27. The molecule has 1 fully saturated rings. The highest BCUT2D eigenvalue weighted by molar-refractivity contribution is 7.79. The van der Waals surface area contributed by atoms with Crippen molar-refractivity contribution in [3.05, 3.63) is 107 Å². The van der Waals surface area contributed by atoms with Crippen molar-refractivity contribution in [1.29, 1.82) is 0 Å². The molecule has 2 atom stereocenters. The van der Waals surface area contributed by atoms with E-state index in [1.54, 1.807) is 23.1 Å². The van der Waals surface area contributed by atoms with Gasteiger partial charge in [-0.15, -0.1) is 0 Å². The molecule has 1 aliphatic heterocycles. The molecule has 0 aliphatic carbocycles. The van der Waals surface area contributed by atoms with Crippen LogP contribution in [0.2, 0.25) is 0 Å². The maximum atomic E-state index is 13.6. The molecular formula is C33H36N4O4S. The van der Waals surface area contributed by atoms with E-state index in [0.717, 1.165) is 41.9 Å². The predicted molar refractivity (Wildman–Crippen MR) is 164 cm³/mol. The molecule has 8 nitrogen and oxygen atoms in total. The number of aromatic nitrogens is 2. The average Bonchev–Trinajstić information content (AvgIpc) is 2.95. The second-order valence-corrected chi connectivity index (χ2v) is 11.7. The molecule has 1 amide bonds. The van der Waals surface area contributed by atoms with Gasteiger partial charge in [-0.2, -0.15) is 4.98 Å². The van der Waals surface area contributed by atoms with Crippen LogP contribution in [0.5, 0.6) is 5.88 Å². The third-order valence-corrected chi connectivity index (χ3v) is 8.10. The fourth-order valence-corrected chi connectivity index (χ4v) is 5.96. The highest BCUT2D eigenvalue weighted by atomic mass is 32.2. The summed E-state index contributed by atoms with van der Waals surface area (Å²) >= 11 is -2.17. The van der Waals surface area contributed by atoms with Crippen LogP contribution in [-0.2, 0) is 17.6 Å². The molecule has 42 heavy (non-hydrogen) atoms. The van der Waals surface area contributed by atoms with Crippen molar-refractivity contribution in [1.82, 2.24) is 19.8 Å². The number of hydrogen-bond donors (Lipinski definition) is 1. The summed E-state index contributed by atoms with van der Waals surface area (Å²) in [7, 11) is 0. The Morgan fingerprint density at radius 2 is 1.67 bits per heavy atom. The summed E-state index contributed by atoms with van der Waals surface area (Å²) in [5.41, 5.74) is 5.72. The summed E-state index contributed by atoms with van der Waals surface area (Å²) in [6.45, 7) is 9.04. The number of amides is 1. The van der Waals surface area contributed by atoms with Crippen molar-refractivity contribution >= 4 is 17.0 Å². The fraction of sp³-hybridized carbons (Fsp3) is 0.303. The molecule has 0 bridgehead atoms. The van der Waals surface area contributed by atoms with Crippen LogP contribution in [0.4, 0.5) is 0 Å². The Morgan fingerprint density at radius 1 is 0.929 bits per heavy atom. The van der Waals surface area contributed by atoms with Crippen LogP contribution in [0.25, 0.3) is 11.3 Å². The third kappa shape index (κ3) is 7.28. The second-order valence-electron chi connectivity index (χ2n) is 10.7. The first-order valence-electron chi connectivity index (χ1n) is 14.1. The first kappa shape index (κ1) is 29.6. The Hall–Kier alpha value is -3.92. The van der Waals surface area contributed by atoms with E-state index >= 15 is 0 Å². The molecule has 4 aromatic rings. The van der Waals surface area contributed by atoms with E-state index in [2.05, 4.69) is 48.0 Å². The number of carbonyl (C=O) groups excluding carboxylic acids is 1. The molecule has 5 rings (SSSR count). The van der Waals surface area contributed by atoms with Gasteiger partial charge >= 0.3 is 0 Å². The Bertz CT molecular complexity index is 1560. The standard InChI is InChI=1S/C33H36N4O4S/c1-23-10-7-11-24(2)32(23)30-19-31(35-25(3)34-30)41-28-21-36(20-26-12-5-4-6-13-26)16-9-17-37(22-28)33(38)27-14-8-15-29(18-27)42(39)40/h4-8,10-15,18-19,28H,9,16-17,20-22H2,1-3H3,(H,39,40). The van der Waals surface area contributed by atoms with E-state index in [0.29, 0.717) is 36.9 Å². The summed E-state index contributed by atoms with van der Waals surface area (Å²) < 4.78 is 27.8. The summed E-state index contributed by atoms with van der Waals surface area (Å²) in [6, 6.07) is 24.7. The zero-order valence-electron chi connectivity index (χ0n) is 24.2. The van der Waals surface area contributed by atoms with Crippen LogP contribution < -0.4 is 4.74 Å². The van der Waals surface area contributed by atoms with E-state index < -0.39 is 11.1 Å². The molecule has 1 N–H and O–H groups in total. The Morgan fingerprint density at radius 3 is 2.40 bits per heavy atom. The largest absolute Gasteiger partial charge is 0.471 e. The van der Waals surface area contributed by atoms with E-state index in [1.807, 2.05) is 37.3 Å². The van der Waals surface area contributed by atoms with Gasteiger partial charge in [0.05, 0.1) is 17.1 Å². The van der Waals surface area contributed by atoms with E-state index in [9.17, 15) is 13.6 Å². The van der Waals surface area contributed by atoms with Crippen LogP contribution in [0.15, 0.2) is 83.8 Å². The Labute approximate surface area is 249 Å². The predicted octanol–water partition coefficient (Wildman–Crippen LogP) is 5.45. The number of benzene rings is 3. The fourth-order valence-electron chi connectivity index (χ4n) is 5.54. The Kier molecular flexibility index (Phi) is 9.41. The van der Waals surface area contributed by atoms with Crippen LogP contribution in [0, 0.1) is 20.8 Å². The van der Waals surface area contributed by atoms with Gasteiger partial charge in [0.15, 0.2) is 11.1 Å². The Balaban J connectivity index is 1.44. The van der Waals surface area contributed by atoms with Gasteiger partial charge in [0, 0.05) is 43.4 Å². The molecule has 0 radical (unpaired) electrons. The summed E-state index contributed by atoms with van der Waals surface area (Å²) in [5.74, 6) is 0.886. The van der Waals surface area contributed by atoms with Gasteiger partial charge in [-0.05, 0) is 62.1 Å². The summed E-state index contributed by atoms with van der Waals surface area (Å²) in [5, 5.41) is 0. The molecule has 1 saturated heterocycles. The lowest BCUT2D eigenvalue weighted by atomic mass is 10.00. The molecule has 3 aromatic carbocycles. The van der Waals surface area contributed by atoms with Gasteiger partial charge in [-0.3, -0.25) is 9.69 Å². The van der Waals surface area contributed by atoms with E-state index in [1.165, 1.54) is 11.6 Å². The molecule has 1 aliphatic rings. The number of hydrogen-bond acceptors (Lipinski definition) is 6. The van der Waals surface area contributed by atoms with Crippen molar-refractivity contribution in [3.8, 4) is 17.1 Å². The molecule has 0 saturated carbocycles. The molecule has 218 valence electrons. The van der Waals surface area contributed by atoms with Crippen molar-refractivity contribution in [2.24, 2.45) is 0 Å². The third-order valence-electron chi connectivity index (χ3n) is 7.45. The van der Waals surface area contributed by atoms with Crippen LogP contribution in [0.3, 0.4) is 0 Å². The van der Waals surface area contributed by atoms with Crippen molar-refractivity contribution in [2.45, 2.75) is 44.7 Å². The molecular weight excluding hydrogens is 548 g/mol. The molecule has 0 spiro atoms. The van der Waals surface area contributed by atoms with Gasteiger partial charge in [0.2, 0.25) is 5.88 Å². The summed E-state index contributed by atoms with van der Waals surface area (Å²) in [6.07, 6.45) is 0.425. The molecule has 9 heteroatoms. The second kappa shape index (κ2) is 13.4. The van der Waals surface area contributed by atoms with Crippen LogP contribution in [0.1, 0.15) is 39.3 Å². The zero-order chi connectivity index (χ0) is 29.6. The highest BCUT2D eigenvalue weighted by Crippen LogP contribution is 2.28. The lowest BCUT2D eigenvalue weighted by Crippen LogP contribution is -2.49. The number of nitrogens with zero attached hydrogens (tertiary/aromatic N) is 4. The zero-order valence-corrected chi connectivity index (χ0v) is 25.0. The van der Waals surface area contributed by atoms with Crippen molar-refractivity contribution in [2.75, 3.05) is 26.2 Å². The monoisotopic (exact) mass is 584 g/mol. The van der Waals surface area contributed by atoms with E-state index in [4.69, 9.17) is 9.72 Å². The molecule has 2 unspecified atom stereocenters. The molecule has 1 aromatic heterocycles. The van der Waals surface area contributed by atoms with Crippen LogP contribution in [-0.4, -0.2) is 66.7 Å². The topological polar surface area (TPSA) is 95.9 Å². The number of rotatable bonds is 7. The van der Waals surface area contributed by atoms with Gasteiger partial charge < -0.3 is 14.2 Å².